The second kappa shape index (κ2) is 1.76. The topological polar surface area (TPSA) is 57.2 Å². The lowest BCUT2D eigenvalue weighted by atomic mass is 10.4. The molecule has 1 aliphatic rings. The summed E-state index contributed by atoms with van der Waals surface area (Å²) in [5, 5.41) is 10.6. The predicted molar refractivity (Wildman–Crippen MR) is 28.7 cm³/mol. The van der Waals surface area contributed by atoms with Crippen LogP contribution in [0, 0.1) is 5.21 Å². The van der Waals surface area contributed by atoms with Gasteiger partial charge >= 0.3 is 11.8 Å². The molecule has 0 aromatic carbocycles. The second-order valence-electron chi connectivity index (χ2n) is 1.82. The summed E-state index contributed by atoms with van der Waals surface area (Å²) in [6.07, 6.45) is -0.0440. The largest absolute Gasteiger partial charge is 0.599 e. The molecule has 1 heterocycles. The maximum absolute atomic E-state index is 10.6. The lowest BCUT2D eigenvalue weighted by molar-refractivity contribution is -0.590. The molecule has 1 aliphatic heterocycles. The van der Waals surface area contributed by atoms with Gasteiger partial charge in [0.2, 0.25) is 0 Å². The quantitative estimate of drug-likeness (QED) is 0.283. The first kappa shape index (κ1) is 6.67. The van der Waals surface area contributed by atoms with Crippen molar-refractivity contribution in [3.8, 4) is 0 Å². The highest BCUT2D eigenvalue weighted by atomic mass is 35.5. The number of nitrogens with zero attached hydrogens (tertiary/aromatic N) is 1. The number of quaternary nitrogens is 1. The molecular weight excluding hydrogens is 146 g/mol. The Morgan fingerprint density at radius 2 is 1.67 bits per heavy atom. The molecule has 0 spiro atoms. The van der Waals surface area contributed by atoms with Crippen LogP contribution < -0.4 is 0 Å². The number of hydroxylamine groups is 2. The Balaban J connectivity index is 2.91. The molecule has 0 unspecified atom stereocenters. The maximum atomic E-state index is 10.6. The standard InChI is InChI=1S/C4H4ClNO3/c5-6(9)3(7)1-2-4(6)8/h1-2H2. The lowest BCUT2D eigenvalue weighted by Crippen LogP contribution is -2.36. The summed E-state index contributed by atoms with van der Waals surface area (Å²) in [5.41, 5.74) is 0. The van der Waals surface area contributed by atoms with E-state index in [4.69, 9.17) is 11.8 Å². The van der Waals surface area contributed by atoms with Crippen LogP contribution in [0.5, 0.6) is 0 Å². The molecule has 50 valence electrons. The van der Waals surface area contributed by atoms with Crippen LogP contribution in [0.25, 0.3) is 0 Å². The van der Waals surface area contributed by atoms with Gasteiger partial charge in [-0.3, -0.25) is 0 Å². The van der Waals surface area contributed by atoms with Gasteiger partial charge in [0.05, 0.1) is 12.8 Å². The van der Waals surface area contributed by atoms with Crippen molar-refractivity contribution >= 4 is 23.6 Å². The molecule has 0 aromatic heterocycles. The Bertz CT molecular complexity index is 159. The van der Waals surface area contributed by atoms with Crippen molar-refractivity contribution in [1.82, 2.24) is 0 Å². The summed E-state index contributed by atoms with van der Waals surface area (Å²) in [6, 6.07) is 0. The van der Waals surface area contributed by atoms with Crippen LogP contribution in [0.4, 0.5) is 0 Å². The Labute approximate surface area is 56.3 Å². The van der Waals surface area contributed by atoms with Crippen LogP contribution in [0.3, 0.4) is 0 Å². The molecule has 0 bridgehead atoms. The lowest BCUT2D eigenvalue weighted by Gasteiger charge is -2.19. The first-order valence-electron chi connectivity index (χ1n) is 2.41. The van der Waals surface area contributed by atoms with E-state index in [0.29, 0.717) is 0 Å². The van der Waals surface area contributed by atoms with E-state index in [1.54, 1.807) is 0 Å². The van der Waals surface area contributed by atoms with Crippen LogP contribution >= 0.6 is 11.8 Å². The van der Waals surface area contributed by atoms with Gasteiger partial charge in [-0.2, -0.15) is 0 Å². The van der Waals surface area contributed by atoms with Gasteiger partial charge in [0.15, 0.2) is 11.8 Å². The molecule has 4 nitrogen and oxygen atoms in total. The van der Waals surface area contributed by atoms with Crippen molar-refractivity contribution in [3.63, 3.8) is 0 Å². The smallest absolute Gasteiger partial charge is 0.339 e. The third-order valence-corrected chi connectivity index (χ3v) is 1.57. The summed E-state index contributed by atoms with van der Waals surface area (Å²) in [5.74, 6) is -1.52. The molecular formula is C4H4ClNO3. The monoisotopic (exact) mass is 149 g/mol. The highest BCUT2D eigenvalue weighted by Crippen LogP contribution is 2.23. The van der Waals surface area contributed by atoms with Gasteiger partial charge < -0.3 is 5.21 Å². The minimum Gasteiger partial charge on any atom is -0.599 e. The number of hydrogen-bond acceptors (Lipinski definition) is 3. The normalized spacial score (nSPS) is 25.1. The van der Waals surface area contributed by atoms with E-state index in [-0.39, 0.29) is 12.8 Å². The van der Waals surface area contributed by atoms with E-state index in [9.17, 15) is 14.8 Å². The minimum atomic E-state index is -1.83. The average Bonchev–Trinajstić information content (AvgIpc) is 1.96. The van der Waals surface area contributed by atoms with Crippen LogP contribution in [-0.4, -0.2) is 16.0 Å². The third kappa shape index (κ3) is 0.849. The van der Waals surface area contributed by atoms with E-state index in [2.05, 4.69) is 0 Å². The molecule has 9 heavy (non-hydrogen) atoms. The van der Waals surface area contributed by atoms with Gasteiger partial charge in [0.25, 0.3) is 0 Å². The number of carbonyl (C=O) groups excluding carboxylic acids is 2. The van der Waals surface area contributed by atoms with Crippen LogP contribution in [0.2, 0.25) is 0 Å². The molecule has 0 aromatic rings. The molecule has 0 aliphatic carbocycles. The second-order valence-corrected chi connectivity index (χ2v) is 2.30. The zero-order valence-electron chi connectivity index (χ0n) is 4.46. The van der Waals surface area contributed by atoms with Crippen molar-refractivity contribution in [3.05, 3.63) is 5.21 Å². The van der Waals surface area contributed by atoms with E-state index in [1.165, 1.54) is 0 Å². The van der Waals surface area contributed by atoms with Gasteiger partial charge in [-0.05, 0) is 0 Å². The molecule has 1 saturated heterocycles. The fourth-order valence-corrected chi connectivity index (χ4v) is 0.810. The molecule has 2 amide bonds. The fourth-order valence-electron chi connectivity index (χ4n) is 0.641. The van der Waals surface area contributed by atoms with Gasteiger partial charge in [0.1, 0.15) is 0 Å². The van der Waals surface area contributed by atoms with Gasteiger partial charge in [-0.15, -0.1) is 4.17 Å². The Kier molecular flexibility index (Phi) is 1.31. The summed E-state index contributed by atoms with van der Waals surface area (Å²) in [4.78, 5) is 20.8. The number of hydrogen-bond donors (Lipinski definition) is 0. The Morgan fingerprint density at radius 3 is 1.78 bits per heavy atom. The summed E-state index contributed by atoms with van der Waals surface area (Å²) >= 11 is 4.95. The van der Waals surface area contributed by atoms with Gasteiger partial charge in [-0.25, -0.2) is 9.59 Å². The number of halogens is 1. The molecule has 0 radical (unpaired) electrons. The molecule has 0 atom stereocenters. The molecule has 1 fully saturated rings. The summed E-state index contributed by atoms with van der Waals surface area (Å²) in [7, 11) is 0. The van der Waals surface area contributed by atoms with Crippen molar-refractivity contribution in [2.75, 3.05) is 0 Å². The van der Waals surface area contributed by atoms with Crippen molar-refractivity contribution < 1.29 is 13.8 Å². The van der Waals surface area contributed by atoms with Crippen LogP contribution in [0.15, 0.2) is 0 Å². The Hall–Kier alpha value is -0.450. The minimum absolute atomic E-state index is 0.0220. The van der Waals surface area contributed by atoms with Crippen molar-refractivity contribution in [1.29, 1.82) is 0 Å². The van der Waals surface area contributed by atoms with Crippen molar-refractivity contribution in [2.24, 2.45) is 0 Å². The summed E-state index contributed by atoms with van der Waals surface area (Å²) in [6.45, 7) is 0. The van der Waals surface area contributed by atoms with Gasteiger partial charge in [0, 0.05) is 0 Å². The molecule has 5 heteroatoms. The highest BCUT2D eigenvalue weighted by Gasteiger charge is 2.42. The first-order valence-corrected chi connectivity index (χ1v) is 2.75. The first-order chi connectivity index (χ1) is 4.05. The van der Waals surface area contributed by atoms with E-state index < -0.39 is 16.0 Å². The predicted octanol–water partition coefficient (Wildman–Crippen LogP) is 0.302. The number of rotatable bonds is 0. The fraction of sp³-hybridized carbons (Fsp3) is 0.500. The highest BCUT2D eigenvalue weighted by molar-refractivity contribution is 6.20. The Morgan fingerprint density at radius 1 is 1.33 bits per heavy atom. The maximum Gasteiger partial charge on any atom is 0.339 e. The molecule has 0 N–H and O–H groups in total. The summed E-state index contributed by atoms with van der Waals surface area (Å²) < 4.78 is -1.83. The zero-order chi connectivity index (χ0) is 7.07. The number of amides is 2. The van der Waals surface area contributed by atoms with Gasteiger partial charge in [-0.1, -0.05) is 0 Å². The van der Waals surface area contributed by atoms with E-state index >= 15 is 0 Å². The van der Waals surface area contributed by atoms with Crippen LogP contribution in [0.1, 0.15) is 12.8 Å². The zero-order valence-corrected chi connectivity index (χ0v) is 5.22. The third-order valence-electron chi connectivity index (χ3n) is 1.19. The SMILES string of the molecule is O=C1CCC(=O)[N+]1([O-])Cl. The molecule has 0 saturated carbocycles. The van der Waals surface area contributed by atoms with E-state index in [1.807, 2.05) is 0 Å². The number of carbonyl (C=O) groups is 2. The van der Waals surface area contributed by atoms with E-state index in [0.717, 1.165) is 0 Å². The van der Waals surface area contributed by atoms with Crippen molar-refractivity contribution in [2.45, 2.75) is 12.8 Å². The average molecular weight is 150 g/mol. The number of imide groups is 1. The molecule has 1 rings (SSSR count). The van der Waals surface area contributed by atoms with Crippen LogP contribution in [-0.2, 0) is 9.59 Å².